The molecule has 1 aromatic heterocycles. The molecule has 1 heterocycles. The van der Waals surface area contributed by atoms with E-state index in [0.717, 1.165) is 30.7 Å². The van der Waals surface area contributed by atoms with Crippen LogP contribution < -0.4 is 0 Å². The molecule has 0 saturated heterocycles. The highest BCUT2D eigenvalue weighted by Crippen LogP contribution is 2.61. The van der Waals surface area contributed by atoms with Gasteiger partial charge >= 0.3 is 0 Å². The lowest BCUT2D eigenvalue weighted by molar-refractivity contribution is -0.0226. The fourth-order valence-corrected chi connectivity index (χ4v) is 6.36. The summed E-state index contributed by atoms with van der Waals surface area (Å²) >= 11 is 0. The van der Waals surface area contributed by atoms with E-state index in [4.69, 9.17) is 0 Å². The quantitative estimate of drug-likeness (QED) is 0.651. The molecule has 3 aliphatic carbocycles. The minimum atomic E-state index is -0.0949. The minimum Gasteiger partial charge on any atom is -0.393 e. The van der Waals surface area contributed by atoms with Gasteiger partial charge in [0.2, 0.25) is 0 Å². The van der Waals surface area contributed by atoms with Gasteiger partial charge in [-0.1, -0.05) is 13.0 Å². The van der Waals surface area contributed by atoms with Gasteiger partial charge in [0.05, 0.1) is 17.7 Å². The maximum atomic E-state index is 10.4. The summed E-state index contributed by atoms with van der Waals surface area (Å²) in [5.41, 5.74) is 6.42. The van der Waals surface area contributed by atoms with Crippen molar-refractivity contribution in [1.29, 1.82) is 5.26 Å². The fraction of sp³-hybridized carbons (Fsp3) is 0.538. The van der Waals surface area contributed by atoms with Gasteiger partial charge in [-0.15, -0.1) is 0 Å². The van der Waals surface area contributed by atoms with Crippen molar-refractivity contribution < 1.29 is 5.11 Å². The number of aryl methyl sites for hydroxylation is 1. The van der Waals surface area contributed by atoms with Crippen LogP contribution in [0, 0.1) is 42.4 Å². The lowest BCUT2D eigenvalue weighted by Crippen LogP contribution is -2.44. The molecule has 2 aromatic rings. The molecular weight excluding hydrogens is 356 g/mol. The first-order valence-electron chi connectivity index (χ1n) is 11.0. The lowest BCUT2D eigenvalue weighted by atomic mass is 9.55. The fourth-order valence-electron chi connectivity index (χ4n) is 6.36. The number of benzene rings is 1. The average molecular weight is 389 g/mol. The van der Waals surface area contributed by atoms with Gasteiger partial charge in [-0.3, -0.25) is 4.98 Å². The Balaban J connectivity index is 0.000000249. The van der Waals surface area contributed by atoms with Crippen LogP contribution >= 0.6 is 0 Å². The molecule has 2 fully saturated rings. The first-order valence-corrected chi connectivity index (χ1v) is 11.0. The van der Waals surface area contributed by atoms with E-state index in [9.17, 15) is 10.4 Å². The molecule has 0 amide bonds. The summed E-state index contributed by atoms with van der Waals surface area (Å²) in [7, 11) is 0. The van der Waals surface area contributed by atoms with E-state index in [1.54, 1.807) is 12.4 Å². The molecule has 152 valence electrons. The predicted octanol–water partition coefficient (Wildman–Crippen LogP) is 5.47. The molecule has 2 saturated carbocycles. The summed E-state index contributed by atoms with van der Waals surface area (Å²) < 4.78 is 0. The Morgan fingerprint density at radius 2 is 1.83 bits per heavy atom. The highest BCUT2D eigenvalue weighted by atomic mass is 16.3. The number of fused-ring (bicyclic) bond motifs is 5. The molecule has 3 heteroatoms. The Morgan fingerprint density at radius 1 is 1.07 bits per heavy atom. The van der Waals surface area contributed by atoms with Gasteiger partial charge in [-0.25, -0.2) is 0 Å². The van der Waals surface area contributed by atoms with E-state index in [0.29, 0.717) is 11.8 Å². The van der Waals surface area contributed by atoms with Crippen molar-refractivity contribution in [2.75, 3.05) is 0 Å². The molecule has 3 aliphatic rings. The highest BCUT2D eigenvalue weighted by molar-refractivity contribution is 5.49. The van der Waals surface area contributed by atoms with Crippen LogP contribution in [0.5, 0.6) is 0 Å². The Bertz CT molecular complexity index is 916. The minimum absolute atomic E-state index is 0.0949. The van der Waals surface area contributed by atoms with Crippen LogP contribution in [0.1, 0.15) is 72.8 Å². The van der Waals surface area contributed by atoms with Gasteiger partial charge < -0.3 is 5.11 Å². The normalized spacial score (nSPS) is 32.1. The topological polar surface area (TPSA) is 56.9 Å². The Kier molecular flexibility index (Phi) is 5.49. The first kappa shape index (κ1) is 20.1. The third-order valence-electron chi connectivity index (χ3n) is 8.12. The van der Waals surface area contributed by atoms with Gasteiger partial charge in [0.1, 0.15) is 0 Å². The molecule has 0 bridgehead atoms. The van der Waals surface area contributed by atoms with Crippen LogP contribution in [0.25, 0.3) is 0 Å². The largest absolute Gasteiger partial charge is 0.393 e. The second kappa shape index (κ2) is 7.92. The average Bonchev–Trinajstić information content (AvgIpc) is 3.04. The molecule has 3 unspecified atom stereocenters. The van der Waals surface area contributed by atoms with Crippen LogP contribution in [-0.4, -0.2) is 16.2 Å². The maximum Gasteiger partial charge on any atom is 0.0994 e. The SMILES string of the molecule is Cc1c(C#N)ccc2c1CCC1C2CC[C@@]2(C)C1CC[C@@H]2O.Cc1ccncc1. The van der Waals surface area contributed by atoms with E-state index in [1.165, 1.54) is 41.5 Å². The number of aliphatic hydroxyl groups excluding tert-OH is 1. The Hall–Kier alpha value is -2.18. The highest BCUT2D eigenvalue weighted by Gasteiger charge is 2.54. The molecule has 5 atom stereocenters. The maximum absolute atomic E-state index is 10.4. The molecule has 29 heavy (non-hydrogen) atoms. The van der Waals surface area contributed by atoms with Crippen LogP contribution in [0.3, 0.4) is 0 Å². The summed E-state index contributed by atoms with van der Waals surface area (Å²) in [5.74, 6) is 2.07. The lowest BCUT2D eigenvalue weighted by Gasteiger charge is -2.50. The number of pyridine rings is 1. The summed E-state index contributed by atoms with van der Waals surface area (Å²) in [6, 6.07) is 10.5. The first-order chi connectivity index (χ1) is 14.0. The van der Waals surface area contributed by atoms with Crippen LogP contribution in [0.2, 0.25) is 0 Å². The second-order valence-corrected chi connectivity index (χ2v) is 9.50. The van der Waals surface area contributed by atoms with E-state index >= 15 is 0 Å². The Labute approximate surface area is 174 Å². The van der Waals surface area contributed by atoms with Gasteiger partial charge in [-0.05, 0) is 116 Å². The third kappa shape index (κ3) is 3.49. The number of aliphatic hydroxyl groups is 1. The van der Waals surface area contributed by atoms with Crippen LogP contribution in [-0.2, 0) is 6.42 Å². The zero-order chi connectivity index (χ0) is 20.6. The zero-order valence-corrected chi connectivity index (χ0v) is 17.9. The monoisotopic (exact) mass is 388 g/mol. The van der Waals surface area contributed by atoms with Crippen molar-refractivity contribution in [1.82, 2.24) is 4.98 Å². The number of hydrogen-bond acceptors (Lipinski definition) is 3. The van der Waals surface area contributed by atoms with Crippen molar-refractivity contribution in [2.24, 2.45) is 17.3 Å². The molecule has 5 rings (SSSR count). The van der Waals surface area contributed by atoms with Gasteiger partial charge in [-0.2, -0.15) is 5.26 Å². The summed E-state index contributed by atoms with van der Waals surface area (Å²) in [4.78, 5) is 3.85. The Morgan fingerprint density at radius 3 is 2.48 bits per heavy atom. The van der Waals surface area contributed by atoms with Gasteiger partial charge in [0.25, 0.3) is 0 Å². The van der Waals surface area contributed by atoms with Crippen molar-refractivity contribution in [3.8, 4) is 6.07 Å². The standard InChI is InChI=1S/C20H25NO.C6H7N/c1-12-13(11-21)3-4-15-14(12)5-6-17-16(15)9-10-20(2)18(17)7-8-19(20)22;1-6-2-4-7-5-3-6/h3-4,16-19,22H,5-10H2,1-2H3;2-5H,1H3/t16?,17?,18?,19-,20-;/m0./s1. The summed E-state index contributed by atoms with van der Waals surface area (Å²) in [6.07, 6.45) is 10.4. The molecule has 0 spiro atoms. The third-order valence-corrected chi connectivity index (χ3v) is 8.12. The zero-order valence-electron chi connectivity index (χ0n) is 17.9. The van der Waals surface area contributed by atoms with Crippen molar-refractivity contribution >= 4 is 0 Å². The summed E-state index contributed by atoms with van der Waals surface area (Å²) in [5, 5.41) is 19.7. The number of nitrogens with zero attached hydrogens (tertiary/aromatic N) is 2. The van der Waals surface area contributed by atoms with Crippen molar-refractivity contribution in [3.05, 3.63) is 64.5 Å². The molecule has 1 aromatic carbocycles. The smallest absolute Gasteiger partial charge is 0.0994 e. The molecule has 1 N–H and O–H groups in total. The number of hydrogen-bond donors (Lipinski definition) is 1. The van der Waals surface area contributed by atoms with E-state index in [-0.39, 0.29) is 11.5 Å². The van der Waals surface area contributed by atoms with E-state index < -0.39 is 0 Å². The summed E-state index contributed by atoms with van der Waals surface area (Å²) in [6.45, 7) is 6.48. The van der Waals surface area contributed by atoms with Crippen molar-refractivity contribution in [3.63, 3.8) is 0 Å². The van der Waals surface area contributed by atoms with Gasteiger partial charge in [0, 0.05) is 12.4 Å². The second-order valence-electron chi connectivity index (χ2n) is 9.50. The van der Waals surface area contributed by atoms with Crippen LogP contribution in [0.4, 0.5) is 0 Å². The van der Waals surface area contributed by atoms with E-state index in [1.807, 2.05) is 25.1 Å². The number of aromatic nitrogens is 1. The number of rotatable bonds is 0. The molecule has 0 aliphatic heterocycles. The molecular formula is C26H32N2O. The van der Waals surface area contributed by atoms with Gasteiger partial charge in [0.15, 0.2) is 0 Å². The molecule has 3 nitrogen and oxygen atoms in total. The van der Waals surface area contributed by atoms with Crippen molar-refractivity contribution in [2.45, 2.75) is 71.3 Å². The molecule has 0 radical (unpaired) electrons. The van der Waals surface area contributed by atoms with E-state index in [2.05, 4.69) is 31.0 Å². The van der Waals surface area contributed by atoms with Crippen LogP contribution in [0.15, 0.2) is 36.7 Å². The number of nitriles is 1. The predicted molar refractivity (Wildman–Crippen MR) is 115 cm³/mol.